The maximum Gasteiger partial charge on any atom is 0.268 e. The summed E-state index contributed by atoms with van der Waals surface area (Å²) in [6.07, 6.45) is 0.839. The molecule has 1 aliphatic heterocycles. The predicted octanol–water partition coefficient (Wildman–Crippen LogP) is 4.58. The molecule has 0 bridgehead atoms. The molecule has 6 nitrogen and oxygen atoms in total. The Balaban J connectivity index is 1.88. The van der Waals surface area contributed by atoms with Crippen LogP contribution in [0.4, 0.5) is 0 Å². The Labute approximate surface area is 190 Å². The number of aromatic nitrogens is 4. The molecule has 154 valence electrons. The van der Waals surface area contributed by atoms with E-state index in [0.29, 0.717) is 32.4 Å². The van der Waals surface area contributed by atoms with Gasteiger partial charge in [-0.15, -0.1) is 21.5 Å². The first kappa shape index (κ1) is 20.1. The number of hydrogen-bond acceptors (Lipinski definition) is 6. The molecule has 0 saturated carbocycles. The van der Waals surface area contributed by atoms with Crippen LogP contribution < -0.4 is 5.56 Å². The van der Waals surface area contributed by atoms with Crippen molar-refractivity contribution in [3.05, 3.63) is 61.7 Å². The van der Waals surface area contributed by atoms with Crippen molar-refractivity contribution in [2.45, 2.75) is 18.1 Å². The average molecular weight is 478 g/mol. The number of nitrogens with zero attached hydrogens (tertiary/aromatic N) is 5. The van der Waals surface area contributed by atoms with Gasteiger partial charge in [-0.25, -0.2) is 8.97 Å². The van der Waals surface area contributed by atoms with Gasteiger partial charge in [-0.3, -0.25) is 4.79 Å². The molecule has 1 aliphatic rings. The topological polar surface area (TPSA) is 55.4 Å². The smallest absolute Gasteiger partial charge is 0.268 e. The van der Waals surface area contributed by atoms with Crippen LogP contribution in [0.3, 0.4) is 0 Å². The molecule has 0 amide bonds. The average Bonchev–Trinajstić information content (AvgIpc) is 3.27. The Morgan fingerprint density at radius 1 is 1.37 bits per heavy atom. The zero-order valence-corrected chi connectivity index (χ0v) is 19.2. The number of rotatable bonds is 4. The third-order valence-corrected chi connectivity index (χ3v) is 7.83. The van der Waals surface area contributed by atoms with Gasteiger partial charge in [0.2, 0.25) is 5.78 Å². The highest BCUT2D eigenvalue weighted by Gasteiger charge is 2.26. The number of benzene rings is 1. The summed E-state index contributed by atoms with van der Waals surface area (Å²) in [6, 6.07) is 7.23. The van der Waals surface area contributed by atoms with Gasteiger partial charge in [-0.2, -0.15) is 0 Å². The normalized spacial score (nSPS) is 14.5. The maximum atomic E-state index is 13.7. The Kier molecular flexibility index (Phi) is 5.15. The third-order valence-electron chi connectivity index (χ3n) is 5.09. The van der Waals surface area contributed by atoms with E-state index >= 15 is 0 Å². The summed E-state index contributed by atoms with van der Waals surface area (Å²) in [4.78, 5) is 18.1. The van der Waals surface area contributed by atoms with Gasteiger partial charge in [0, 0.05) is 33.8 Å². The van der Waals surface area contributed by atoms with E-state index < -0.39 is 0 Å². The quantitative estimate of drug-likeness (QED) is 0.402. The van der Waals surface area contributed by atoms with Crippen LogP contribution >= 0.6 is 46.3 Å². The summed E-state index contributed by atoms with van der Waals surface area (Å²) >= 11 is 15.3. The highest BCUT2D eigenvalue weighted by Crippen LogP contribution is 2.35. The van der Waals surface area contributed by atoms with Gasteiger partial charge in [-0.1, -0.05) is 47.6 Å². The standard InChI is InChI=1S/C20H17Cl2N5OS2/c1-11(21)10-29-20-24-23-19-26(13-5-3-4-12(22)8-13)17(28)16-14-6-7-25(2)9-15(14)30-18(16)27(19)20/h3-5,8H,1,6-7,9-10H2,2H3. The first-order valence-electron chi connectivity index (χ1n) is 9.29. The Hall–Kier alpha value is -1.84. The van der Waals surface area contributed by atoms with Gasteiger partial charge >= 0.3 is 0 Å². The van der Waals surface area contributed by atoms with Gasteiger partial charge in [-0.05, 0) is 37.2 Å². The predicted molar refractivity (Wildman–Crippen MR) is 125 cm³/mol. The van der Waals surface area contributed by atoms with Crippen LogP contribution in [0, 0.1) is 0 Å². The second kappa shape index (κ2) is 7.69. The molecule has 3 aromatic heterocycles. The minimum atomic E-state index is -0.0903. The lowest BCUT2D eigenvalue weighted by Crippen LogP contribution is -2.27. The van der Waals surface area contributed by atoms with Crippen LogP contribution in [0.1, 0.15) is 10.4 Å². The second-order valence-corrected chi connectivity index (χ2v) is 10.2. The lowest BCUT2D eigenvalue weighted by Gasteiger charge is -2.21. The molecule has 0 N–H and O–H groups in total. The van der Waals surface area contributed by atoms with E-state index in [-0.39, 0.29) is 5.56 Å². The zero-order chi connectivity index (χ0) is 21.0. The van der Waals surface area contributed by atoms with Crippen LogP contribution in [0.25, 0.3) is 21.7 Å². The van der Waals surface area contributed by atoms with Gasteiger partial charge in [0.25, 0.3) is 5.56 Å². The van der Waals surface area contributed by atoms with E-state index in [4.69, 9.17) is 23.2 Å². The molecule has 0 spiro atoms. The Morgan fingerprint density at radius 3 is 2.97 bits per heavy atom. The molecule has 4 aromatic rings. The fourth-order valence-electron chi connectivity index (χ4n) is 3.77. The summed E-state index contributed by atoms with van der Waals surface area (Å²) in [6.45, 7) is 5.51. The van der Waals surface area contributed by atoms with Gasteiger partial charge in [0.15, 0.2) is 5.16 Å². The summed E-state index contributed by atoms with van der Waals surface area (Å²) in [5.74, 6) is 0.970. The van der Waals surface area contributed by atoms with E-state index in [1.807, 2.05) is 16.5 Å². The first-order chi connectivity index (χ1) is 14.4. The molecule has 0 fully saturated rings. The molecule has 0 saturated heterocycles. The molecule has 0 aliphatic carbocycles. The highest BCUT2D eigenvalue weighted by atomic mass is 35.5. The van der Waals surface area contributed by atoms with Gasteiger partial charge in [0.1, 0.15) is 4.83 Å². The molecule has 4 heterocycles. The van der Waals surface area contributed by atoms with Gasteiger partial charge in [0.05, 0.1) is 11.1 Å². The van der Waals surface area contributed by atoms with Crippen molar-refractivity contribution < 1.29 is 0 Å². The van der Waals surface area contributed by atoms with Crippen LogP contribution in [0.5, 0.6) is 0 Å². The van der Waals surface area contributed by atoms with Crippen LogP contribution in [-0.2, 0) is 13.0 Å². The first-order valence-corrected chi connectivity index (χ1v) is 11.8. The molecule has 1 aromatic carbocycles. The molecule has 0 atom stereocenters. The molecular formula is C20H17Cl2N5OS2. The number of thioether (sulfide) groups is 1. The summed E-state index contributed by atoms with van der Waals surface area (Å²) in [5, 5.41) is 11.2. The van der Waals surface area contributed by atoms with Crippen molar-refractivity contribution in [3.8, 4) is 5.69 Å². The molecule has 10 heteroatoms. The SMILES string of the molecule is C=C(Cl)CSc1nnc2n(-c3cccc(Cl)c3)c(=O)c3c4c(sc3n12)CN(C)CC4. The molecule has 5 rings (SSSR count). The minimum Gasteiger partial charge on any atom is -0.301 e. The van der Waals surface area contributed by atoms with E-state index in [0.717, 1.165) is 35.3 Å². The Bertz CT molecular complexity index is 1370. The highest BCUT2D eigenvalue weighted by molar-refractivity contribution is 7.99. The summed E-state index contributed by atoms with van der Waals surface area (Å²) in [5.41, 5.74) is 1.70. The monoisotopic (exact) mass is 477 g/mol. The number of likely N-dealkylation sites (N-methyl/N-ethyl adjacent to an activating group) is 1. The fourth-order valence-corrected chi connectivity index (χ4v) is 6.28. The summed E-state index contributed by atoms with van der Waals surface area (Å²) in [7, 11) is 2.10. The van der Waals surface area contributed by atoms with Crippen molar-refractivity contribution in [2.24, 2.45) is 0 Å². The molecule has 0 radical (unpaired) electrons. The van der Waals surface area contributed by atoms with Crippen molar-refractivity contribution in [1.29, 1.82) is 0 Å². The largest absolute Gasteiger partial charge is 0.301 e. The Morgan fingerprint density at radius 2 is 2.20 bits per heavy atom. The second-order valence-electron chi connectivity index (χ2n) is 7.22. The van der Waals surface area contributed by atoms with E-state index in [2.05, 4.69) is 28.7 Å². The van der Waals surface area contributed by atoms with Crippen LogP contribution in [0.15, 0.2) is 45.8 Å². The zero-order valence-electron chi connectivity index (χ0n) is 16.1. The maximum absolute atomic E-state index is 13.7. The van der Waals surface area contributed by atoms with E-state index in [9.17, 15) is 4.79 Å². The molecule has 30 heavy (non-hydrogen) atoms. The third kappa shape index (κ3) is 3.27. The lowest BCUT2D eigenvalue weighted by molar-refractivity contribution is 0.318. The lowest BCUT2D eigenvalue weighted by atomic mass is 10.1. The number of thiophene rings is 1. The minimum absolute atomic E-state index is 0.0903. The number of halogens is 2. The van der Waals surface area contributed by atoms with Crippen molar-refractivity contribution in [1.82, 2.24) is 24.1 Å². The summed E-state index contributed by atoms with van der Waals surface area (Å²) < 4.78 is 3.57. The molecular weight excluding hydrogens is 461 g/mol. The fraction of sp³-hybridized carbons (Fsp3) is 0.250. The van der Waals surface area contributed by atoms with E-state index in [1.165, 1.54) is 16.6 Å². The van der Waals surface area contributed by atoms with Gasteiger partial charge < -0.3 is 4.90 Å². The van der Waals surface area contributed by atoms with Crippen molar-refractivity contribution in [2.75, 3.05) is 19.3 Å². The molecule has 0 unspecified atom stereocenters. The number of hydrogen-bond donors (Lipinski definition) is 0. The van der Waals surface area contributed by atoms with E-state index in [1.54, 1.807) is 28.0 Å². The van der Waals surface area contributed by atoms with Crippen LogP contribution in [0.2, 0.25) is 5.02 Å². The number of fused-ring (bicyclic) bond motifs is 5. The van der Waals surface area contributed by atoms with Crippen LogP contribution in [-0.4, -0.2) is 43.4 Å². The van der Waals surface area contributed by atoms with Crippen molar-refractivity contribution in [3.63, 3.8) is 0 Å². The van der Waals surface area contributed by atoms with Crippen molar-refractivity contribution >= 4 is 62.3 Å².